The van der Waals surface area contributed by atoms with Gasteiger partial charge in [0.25, 0.3) is 5.91 Å². The molecule has 1 saturated heterocycles. The van der Waals surface area contributed by atoms with Crippen LogP contribution < -0.4 is 10.6 Å². The molecule has 0 bridgehead atoms. The number of amides is 2. The number of nitrogens with one attached hydrogen (secondary N) is 2. The minimum absolute atomic E-state index is 0.118. The van der Waals surface area contributed by atoms with Crippen molar-refractivity contribution in [3.63, 3.8) is 0 Å². The summed E-state index contributed by atoms with van der Waals surface area (Å²) in [5.41, 5.74) is 1.06. The maximum atomic E-state index is 12.0. The van der Waals surface area contributed by atoms with Crippen molar-refractivity contribution in [1.29, 1.82) is 0 Å². The molecule has 0 aliphatic carbocycles. The third kappa shape index (κ3) is 6.03. The minimum Gasteiger partial charge on any atom is -0.381 e. The Morgan fingerprint density at radius 3 is 2.60 bits per heavy atom. The van der Waals surface area contributed by atoms with E-state index in [1.165, 1.54) is 0 Å². The Morgan fingerprint density at radius 1 is 1.32 bits per heavy atom. The Balaban J connectivity index is 1.71. The molecule has 2 rings (SSSR count). The molecule has 7 nitrogen and oxygen atoms in total. The summed E-state index contributed by atoms with van der Waals surface area (Å²) in [4.78, 5) is 28.9. The van der Waals surface area contributed by atoms with Crippen molar-refractivity contribution in [2.24, 2.45) is 5.41 Å². The molecular formula is C18H27N3O4. The maximum absolute atomic E-state index is 12.0. The van der Waals surface area contributed by atoms with E-state index in [0.29, 0.717) is 13.1 Å². The van der Waals surface area contributed by atoms with Gasteiger partial charge >= 0.3 is 6.09 Å². The normalized spacial score (nSPS) is 19.0. The van der Waals surface area contributed by atoms with Crippen molar-refractivity contribution < 1.29 is 19.5 Å². The van der Waals surface area contributed by atoms with Crippen LogP contribution in [0, 0.1) is 5.41 Å². The number of hydroxylamine groups is 2. The molecule has 2 atom stereocenters. The van der Waals surface area contributed by atoms with Gasteiger partial charge in [-0.05, 0) is 24.3 Å². The predicted octanol–water partition coefficient (Wildman–Crippen LogP) is 1.60. The highest BCUT2D eigenvalue weighted by Gasteiger charge is 2.31. The quantitative estimate of drug-likeness (QED) is 0.726. The molecular weight excluding hydrogens is 322 g/mol. The molecule has 3 N–H and O–H groups in total. The van der Waals surface area contributed by atoms with Crippen LogP contribution in [0.1, 0.15) is 38.8 Å². The van der Waals surface area contributed by atoms with Gasteiger partial charge in [-0.25, -0.2) is 4.79 Å². The molecule has 0 aromatic heterocycles. The maximum Gasteiger partial charge on any atom is 0.426 e. The van der Waals surface area contributed by atoms with Crippen LogP contribution in [-0.4, -0.2) is 47.9 Å². The van der Waals surface area contributed by atoms with Crippen molar-refractivity contribution in [3.8, 4) is 0 Å². The first-order valence-corrected chi connectivity index (χ1v) is 8.51. The molecule has 0 spiro atoms. The van der Waals surface area contributed by atoms with E-state index in [2.05, 4.69) is 24.5 Å². The lowest BCUT2D eigenvalue weighted by Gasteiger charge is -2.20. The minimum atomic E-state index is -1.34. The van der Waals surface area contributed by atoms with Crippen LogP contribution in [0.15, 0.2) is 30.3 Å². The lowest BCUT2D eigenvalue weighted by atomic mass is 9.93. The SMILES string of the molecule is C[C@@H](NC(=O)C(O)CNC(=O)ON1CCC(C)(C)C1)c1ccccc1. The van der Waals surface area contributed by atoms with Crippen LogP contribution in [-0.2, 0) is 9.63 Å². The molecule has 1 aliphatic heterocycles. The Kier molecular flexibility index (Phi) is 6.39. The van der Waals surface area contributed by atoms with Crippen LogP contribution in [0.25, 0.3) is 0 Å². The summed E-state index contributed by atoms with van der Waals surface area (Å²) in [7, 11) is 0. The zero-order chi connectivity index (χ0) is 18.4. The number of hydrogen-bond acceptors (Lipinski definition) is 5. The van der Waals surface area contributed by atoms with Gasteiger partial charge in [-0.3, -0.25) is 4.79 Å². The number of benzene rings is 1. The van der Waals surface area contributed by atoms with E-state index in [4.69, 9.17) is 4.84 Å². The molecule has 1 aromatic rings. The zero-order valence-electron chi connectivity index (χ0n) is 15.0. The fourth-order valence-electron chi connectivity index (χ4n) is 2.70. The first kappa shape index (κ1) is 19.2. The number of aliphatic hydroxyl groups excluding tert-OH is 1. The van der Waals surface area contributed by atoms with Crippen molar-refractivity contribution in [2.75, 3.05) is 19.6 Å². The van der Waals surface area contributed by atoms with Gasteiger partial charge in [-0.15, -0.1) is 5.06 Å². The van der Waals surface area contributed by atoms with Crippen molar-refractivity contribution in [2.45, 2.75) is 39.3 Å². The van der Waals surface area contributed by atoms with Crippen LogP contribution >= 0.6 is 0 Å². The standard InChI is InChI=1S/C18H27N3O4/c1-13(14-7-5-4-6-8-14)20-16(23)15(22)11-19-17(24)25-21-10-9-18(2,3)12-21/h4-8,13,15,22H,9-12H2,1-3H3,(H,19,24)(H,20,23)/t13-,15?/m1/s1. The number of nitrogens with zero attached hydrogens (tertiary/aromatic N) is 1. The van der Waals surface area contributed by atoms with E-state index in [0.717, 1.165) is 12.0 Å². The number of aliphatic hydroxyl groups is 1. The molecule has 0 radical (unpaired) electrons. The molecule has 1 fully saturated rings. The second kappa shape index (κ2) is 8.31. The Hall–Kier alpha value is -2.12. The van der Waals surface area contributed by atoms with Crippen LogP contribution in [0.4, 0.5) is 4.79 Å². The van der Waals surface area contributed by atoms with E-state index in [1.54, 1.807) is 5.06 Å². The smallest absolute Gasteiger partial charge is 0.381 e. The lowest BCUT2D eigenvalue weighted by molar-refractivity contribution is -0.129. The van der Waals surface area contributed by atoms with Gasteiger partial charge in [-0.2, -0.15) is 0 Å². The second-order valence-corrected chi connectivity index (χ2v) is 7.19. The van der Waals surface area contributed by atoms with E-state index in [1.807, 2.05) is 37.3 Å². The summed E-state index contributed by atoms with van der Waals surface area (Å²) >= 11 is 0. The van der Waals surface area contributed by atoms with Gasteiger partial charge in [0.15, 0.2) is 0 Å². The molecule has 138 valence electrons. The molecule has 25 heavy (non-hydrogen) atoms. The van der Waals surface area contributed by atoms with Crippen molar-refractivity contribution in [3.05, 3.63) is 35.9 Å². The molecule has 1 aromatic carbocycles. The first-order valence-electron chi connectivity index (χ1n) is 8.51. The van der Waals surface area contributed by atoms with Gasteiger partial charge in [-0.1, -0.05) is 44.2 Å². The zero-order valence-corrected chi connectivity index (χ0v) is 15.0. The number of carbonyl (C=O) groups is 2. The summed E-state index contributed by atoms with van der Waals surface area (Å²) in [6.45, 7) is 7.18. The van der Waals surface area contributed by atoms with Crippen LogP contribution in [0.5, 0.6) is 0 Å². The predicted molar refractivity (Wildman–Crippen MR) is 93.5 cm³/mol. The van der Waals surface area contributed by atoms with Gasteiger partial charge < -0.3 is 20.6 Å². The lowest BCUT2D eigenvalue weighted by Crippen LogP contribution is -2.44. The topological polar surface area (TPSA) is 90.9 Å². The molecule has 1 unspecified atom stereocenters. The number of rotatable bonds is 6. The first-order chi connectivity index (χ1) is 11.8. The summed E-state index contributed by atoms with van der Waals surface area (Å²) in [5.74, 6) is -0.543. The van der Waals surface area contributed by atoms with Gasteiger partial charge in [0, 0.05) is 13.1 Å². The molecule has 0 saturated carbocycles. The number of carbonyl (C=O) groups excluding carboxylic acids is 2. The van der Waals surface area contributed by atoms with Gasteiger partial charge in [0.1, 0.15) is 6.10 Å². The molecule has 1 aliphatic rings. The second-order valence-electron chi connectivity index (χ2n) is 7.19. The average Bonchev–Trinajstić information content (AvgIpc) is 2.91. The van der Waals surface area contributed by atoms with Crippen LogP contribution in [0.2, 0.25) is 0 Å². The highest BCUT2D eigenvalue weighted by molar-refractivity contribution is 5.81. The fourth-order valence-corrected chi connectivity index (χ4v) is 2.70. The highest BCUT2D eigenvalue weighted by Crippen LogP contribution is 2.28. The van der Waals surface area contributed by atoms with E-state index in [9.17, 15) is 14.7 Å². The van der Waals surface area contributed by atoms with Gasteiger partial charge in [0.05, 0.1) is 12.6 Å². The Morgan fingerprint density at radius 2 is 2.00 bits per heavy atom. The average molecular weight is 349 g/mol. The van der Waals surface area contributed by atoms with Crippen LogP contribution in [0.3, 0.4) is 0 Å². The summed E-state index contributed by atoms with van der Waals surface area (Å²) in [5, 5.41) is 16.6. The summed E-state index contributed by atoms with van der Waals surface area (Å²) in [6, 6.07) is 9.21. The Bertz CT molecular complexity index is 591. The third-order valence-electron chi connectivity index (χ3n) is 4.26. The molecule has 1 heterocycles. The van der Waals surface area contributed by atoms with E-state index < -0.39 is 18.1 Å². The number of hydrogen-bond donors (Lipinski definition) is 3. The largest absolute Gasteiger partial charge is 0.426 e. The summed E-state index contributed by atoms with van der Waals surface area (Å²) < 4.78 is 0. The highest BCUT2D eigenvalue weighted by atomic mass is 16.7. The third-order valence-corrected chi connectivity index (χ3v) is 4.26. The van der Waals surface area contributed by atoms with E-state index >= 15 is 0 Å². The molecule has 2 amide bonds. The van der Waals surface area contributed by atoms with Gasteiger partial charge in [0.2, 0.25) is 0 Å². The molecule has 7 heteroatoms. The van der Waals surface area contributed by atoms with E-state index in [-0.39, 0.29) is 18.0 Å². The fraction of sp³-hybridized carbons (Fsp3) is 0.556. The van der Waals surface area contributed by atoms with Crippen molar-refractivity contribution in [1.82, 2.24) is 15.7 Å². The summed E-state index contributed by atoms with van der Waals surface area (Å²) in [6.07, 6.45) is -1.06. The Labute approximate surface area is 148 Å². The monoisotopic (exact) mass is 349 g/mol. The van der Waals surface area contributed by atoms with Crippen molar-refractivity contribution >= 4 is 12.0 Å².